The highest BCUT2D eigenvalue weighted by molar-refractivity contribution is 6.34. The average Bonchev–Trinajstić information content (AvgIpc) is 2.79. The molecule has 1 aromatic carbocycles. The lowest BCUT2D eigenvalue weighted by atomic mass is 9.88. The fourth-order valence-corrected chi connectivity index (χ4v) is 3.40. The Morgan fingerprint density at radius 2 is 2.05 bits per heavy atom. The van der Waals surface area contributed by atoms with Gasteiger partial charge in [-0.25, -0.2) is 0 Å². The third-order valence-electron chi connectivity index (χ3n) is 4.00. The van der Waals surface area contributed by atoms with E-state index in [1.54, 1.807) is 12.1 Å². The Bertz CT molecular complexity index is 448. The van der Waals surface area contributed by atoms with E-state index in [1.807, 2.05) is 6.92 Å². The molecule has 1 aromatic rings. The first-order valence-corrected chi connectivity index (χ1v) is 7.60. The van der Waals surface area contributed by atoms with E-state index in [0.717, 1.165) is 6.42 Å². The van der Waals surface area contributed by atoms with Crippen molar-refractivity contribution >= 4 is 23.2 Å². The molecule has 2 nitrogen and oxygen atoms in total. The Morgan fingerprint density at radius 3 is 2.63 bits per heavy atom. The van der Waals surface area contributed by atoms with Crippen molar-refractivity contribution in [3.05, 3.63) is 27.7 Å². The van der Waals surface area contributed by atoms with Crippen molar-refractivity contribution in [3.63, 3.8) is 0 Å². The number of aliphatic hydroxyl groups is 1. The van der Waals surface area contributed by atoms with Crippen molar-refractivity contribution in [2.75, 3.05) is 6.61 Å². The first-order valence-electron chi connectivity index (χ1n) is 6.84. The summed E-state index contributed by atoms with van der Waals surface area (Å²) in [5, 5.41) is 11.6. The molecule has 4 heteroatoms. The molecule has 0 heterocycles. The van der Waals surface area contributed by atoms with Crippen molar-refractivity contribution in [1.82, 2.24) is 0 Å². The fourth-order valence-electron chi connectivity index (χ4n) is 2.91. The summed E-state index contributed by atoms with van der Waals surface area (Å²) in [5.74, 6) is 1.37. The van der Waals surface area contributed by atoms with Crippen LogP contribution in [0.4, 0.5) is 0 Å². The van der Waals surface area contributed by atoms with Crippen molar-refractivity contribution in [2.45, 2.75) is 39.2 Å². The highest BCUT2D eigenvalue weighted by atomic mass is 35.5. The van der Waals surface area contributed by atoms with Crippen LogP contribution >= 0.6 is 23.2 Å². The largest absolute Gasteiger partial charge is 0.492 e. The summed E-state index contributed by atoms with van der Waals surface area (Å²) in [6.07, 6.45) is 2.84. The van der Waals surface area contributed by atoms with Crippen LogP contribution in [0.3, 0.4) is 0 Å². The monoisotopic (exact) mass is 302 g/mol. The van der Waals surface area contributed by atoms with Gasteiger partial charge in [0.05, 0.1) is 22.8 Å². The Labute approximate surface area is 124 Å². The molecular formula is C15H20Cl2O2. The Hall–Kier alpha value is -0.440. The van der Waals surface area contributed by atoms with Crippen LogP contribution in [0, 0.1) is 11.8 Å². The Kier molecular flexibility index (Phi) is 4.99. The normalized spacial score (nSPS) is 24.5. The number of rotatable bonds is 4. The predicted octanol–water partition coefficient (Wildman–Crippen LogP) is 4.86. The minimum atomic E-state index is -0.543. The Balaban J connectivity index is 2.26. The van der Waals surface area contributed by atoms with Gasteiger partial charge in [0.2, 0.25) is 0 Å². The molecule has 1 fully saturated rings. The highest BCUT2D eigenvalue weighted by Gasteiger charge is 2.32. The number of halogens is 2. The molecule has 0 aliphatic heterocycles. The second-order valence-electron chi connectivity index (χ2n) is 5.25. The van der Waals surface area contributed by atoms with E-state index in [-0.39, 0.29) is 5.92 Å². The van der Waals surface area contributed by atoms with Gasteiger partial charge in [0.1, 0.15) is 5.75 Å². The molecule has 0 bridgehead atoms. The highest BCUT2D eigenvalue weighted by Crippen LogP contribution is 2.43. The molecule has 2 rings (SSSR count). The van der Waals surface area contributed by atoms with Crippen molar-refractivity contribution < 1.29 is 9.84 Å². The summed E-state index contributed by atoms with van der Waals surface area (Å²) in [7, 11) is 0. The molecule has 0 aromatic heterocycles. The summed E-state index contributed by atoms with van der Waals surface area (Å²) in [6.45, 7) is 4.62. The standard InChI is InChI=1S/C15H20Cl2O2/c1-3-19-14-8-12(16)11(7-13(14)17)15(18)10-6-4-5-9(10)2/h7-10,15,18H,3-6H2,1-2H3. The van der Waals surface area contributed by atoms with E-state index in [1.165, 1.54) is 12.8 Å². The maximum absolute atomic E-state index is 10.5. The summed E-state index contributed by atoms with van der Waals surface area (Å²) in [4.78, 5) is 0. The van der Waals surface area contributed by atoms with Crippen LogP contribution in [0.5, 0.6) is 5.75 Å². The van der Waals surface area contributed by atoms with Crippen LogP contribution in [-0.2, 0) is 0 Å². The van der Waals surface area contributed by atoms with Gasteiger partial charge >= 0.3 is 0 Å². The van der Waals surface area contributed by atoms with E-state index in [0.29, 0.717) is 33.9 Å². The predicted molar refractivity (Wildman–Crippen MR) is 79.1 cm³/mol. The zero-order valence-corrected chi connectivity index (χ0v) is 12.8. The summed E-state index contributed by atoms with van der Waals surface area (Å²) < 4.78 is 5.40. The molecule has 0 spiro atoms. The lowest BCUT2D eigenvalue weighted by molar-refractivity contribution is 0.0901. The Morgan fingerprint density at radius 1 is 1.32 bits per heavy atom. The smallest absolute Gasteiger partial charge is 0.139 e. The van der Waals surface area contributed by atoms with Crippen LogP contribution in [0.25, 0.3) is 0 Å². The first kappa shape index (κ1) is 15.0. The fraction of sp³-hybridized carbons (Fsp3) is 0.600. The van der Waals surface area contributed by atoms with E-state index >= 15 is 0 Å². The second-order valence-corrected chi connectivity index (χ2v) is 6.07. The topological polar surface area (TPSA) is 29.5 Å². The molecule has 3 unspecified atom stereocenters. The first-order chi connectivity index (χ1) is 9.04. The number of benzene rings is 1. The SMILES string of the molecule is CCOc1cc(Cl)c(C(O)C2CCCC2C)cc1Cl. The molecule has 0 radical (unpaired) electrons. The van der Waals surface area contributed by atoms with Crippen molar-refractivity contribution in [3.8, 4) is 5.75 Å². The lowest BCUT2D eigenvalue weighted by Crippen LogP contribution is -2.15. The lowest BCUT2D eigenvalue weighted by Gasteiger charge is -2.24. The zero-order valence-electron chi connectivity index (χ0n) is 11.3. The number of hydrogen-bond donors (Lipinski definition) is 1. The van der Waals surface area contributed by atoms with Gasteiger partial charge in [0.15, 0.2) is 0 Å². The number of aliphatic hydroxyl groups excluding tert-OH is 1. The van der Waals surface area contributed by atoms with Gasteiger partial charge in [-0.05, 0) is 31.2 Å². The third-order valence-corrected chi connectivity index (χ3v) is 4.63. The van der Waals surface area contributed by atoms with E-state index in [4.69, 9.17) is 27.9 Å². The van der Waals surface area contributed by atoms with Crippen LogP contribution in [0.1, 0.15) is 44.8 Å². The second kappa shape index (κ2) is 6.34. The molecule has 106 valence electrons. The van der Waals surface area contributed by atoms with Gasteiger partial charge in [-0.3, -0.25) is 0 Å². The van der Waals surface area contributed by atoms with Gasteiger partial charge in [0.25, 0.3) is 0 Å². The summed E-state index contributed by atoms with van der Waals surface area (Å²) >= 11 is 12.4. The molecule has 1 aliphatic carbocycles. The molecule has 1 saturated carbocycles. The van der Waals surface area contributed by atoms with Gasteiger partial charge in [-0.2, -0.15) is 0 Å². The van der Waals surface area contributed by atoms with Gasteiger partial charge in [-0.15, -0.1) is 0 Å². The van der Waals surface area contributed by atoms with E-state index < -0.39 is 6.10 Å². The van der Waals surface area contributed by atoms with Crippen LogP contribution in [0.2, 0.25) is 10.0 Å². The zero-order chi connectivity index (χ0) is 14.0. The summed E-state index contributed by atoms with van der Waals surface area (Å²) in [6, 6.07) is 3.44. The molecule has 19 heavy (non-hydrogen) atoms. The van der Waals surface area contributed by atoms with Crippen molar-refractivity contribution in [1.29, 1.82) is 0 Å². The van der Waals surface area contributed by atoms with Gasteiger partial charge in [0, 0.05) is 11.6 Å². The van der Waals surface area contributed by atoms with E-state index in [9.17, 15) is 5.11 Å². The average molecular weight is 303 g/mol. The minimum absolute atomic E-state index is 0.270. The molecule has 0 saturated heterocycles. The van der Waals surface area contributed by atoms with Gasteiger partial charge < -0.3 is 9.84 Å². The molecule has 0 amide bonds. The number of ether oxygens (including phenoxy) is 1. The molecule has 1 aliphatic rings. The maximum atomic E-state index is 10.5. The molecular weight excluding hydrogens is 283 g/mol. The van der Waals surface area contributed by atoms with Crippen LogP contribution in [0.15, 0.2) is 12.1 Å². The van der Waals surface area contributed by atoms with Crippen LogP contribution < -0.4 is 4.74 Å². The molecule has 3 atom stereocenters. The van der Waals surface area contributed by atoms with Crippen LogP contribution in [-0.4, -0.2) is 11.7 Å². The van der Waals surface area contributed by atoms with Crippen molar-refractivity contribution in [2.24, 2.45) is 11.8 Å². The maximum Gasteiger partial charge on any atom is 0.139 e. The molecule has 1 N–H and O–H groups in total. The summed E-state index contributed by atoms with van der Waals surface area (Å²) in [5.41, 5.74) is 0.717. The minimum Gasteiger partial charge on any atom is -0.492 e. The number of hydrogen-bond acceptors (Lipinski definition) is 2. The quantitative estimate of drug-likeness (QED) is 0.860. The third kappa shape index (κ3) is 3.18. The van der Waals surface area contributed by atoms with Gasteiger partial charge in [-0.1, -0.05) is 43.0 Å². The van der Waals surface area contributed by atoms with E-state index in [2.05, 4.69) is 6.92 Å².